The molecule has 0 radical (unpaired) electrons. The molecule has 3 aromatic rings. The zero-order valence-corrected chi connectivity index (χ0v) is 15.8. The minimum absolute atomic E-state index is 0.0339. The minimum atomic E-state index is 0.0339. The summed E-state index contributed by atoms with van der Waals surface area (Å²) >= 11 is 7.51. The Morgan fingerprint density at radius 3 is 2.68 bits per heavy atom. The van der Waals surface area contributed by atoms with Crippen LogP contribution in [0.15, 0.2) is 60.1 Å². The van der Waals surface area contributed by atoms with Gasteiger partial charge >= 0.3 is 0 Å². The Kier molecular flexibility index (Phi) is 4.27. The molecule has 1 aromatic carbocycles. The van der Waals surface area contributed by atoms with Gasteiger partial charge in [-0.2, -0.15) is 0 Å². The molecule has 1 fully saturated rings. The summed E-state index contributed by atoms with van der Waals surface area (Å²) in [6.45, 7) is 4.27. The third-order valence-corrected chi connectivity index (χ3v) is 5.95. The van der Waals surface area contributed by atoms with Crippen LogP contribution in [0.2, 0.25) is 0 Å². The molecule has 2 atom stereocenters. The second-order valence-corrected chi connectivity index (χ2v) is 7.64. The summed E-state index contributed by atoms with van der Waals surface area (Å²) < 4.78 is 0. The summed E-state index contributed by atoms with van der Waals surface area (Å²) in [6, 6.07) is 16.8. The molecule has 0 bridgehead atoms. The van der Waals surface area contributed by atoms with Gasteiger partial charge in [0.05, 0.1) is 17.8 Å². The first-order chi connectivity index (χ1) is 12.1. The van der Waals surface area contributed by atoms with Crippen LogP contribution in [-0.2, 0) is 0 Å². The number of nitrogens with zero attached hydrogens (tertiary/aromatic N) is 2. The van der Waals surface area contributed by atoms with Gasteiger partial charge in [0.1, 0.15) is 0 Å². The Bertz CT molecular complexity index is 904. The van der Waals surface area contributed by atoms with Crippen molar-refractivity contribution in [1.29, 1.82) is 0 Å². The topological polar surface area (TPSA) is 28.2 Å². The lowest BCUT2D eigenvalue weighted by Crippen LogP contribution is -2.29. The van der Waals surface area contributed by atoms with Crippen LogP contribution in [0.5, 0.6) is 0 Å². The number of anilines is 1. The average Bonchev–Trinajstić information content (AvgIpc) is 3.18. The van der Waals surface area contributed by atoms with Crippen LogP contribution in [0, 0.1) is 13.8 Å². The molecule has 0 spiro atoms. The number of benzene rings is 1. The fourth-order valence-electron chi connectivity index (χ4n) is 3.36. The first kappa shape index (κ1) is 16.2. The summed E-state index contributed by atoms with van der Waals surface area (Å²) in [7, 11) is 0. The standard InChI is InChI=1S/C20H19N3S2/c1-13-6-5-7-15(12-13)23-18(19-14(2)9-11-25-19)17(22-20(23)24)16-8-3-4-10-21-16/h3-12,17-18H,1-2H3,(H,22,24)/t17-,18+/m0/s1. The van der Waals surface area contributed by atoms with Crippen LogP contribution >= 0.6 is 23.6 Å². The van der Waals surface area contributed by atoms with E-state index in [2.05, 4.69) is 70.8 Å². The number of aromatic nitrogens is 1. The monoisotopic (exact) mass is 365 g/mol. The van der Waals surface area contributed by atoms with E-state index in [0.29, 0.717) is 0 Å². The summed E-state index contributed by atoms with van der Waals surface area (Å²) in [4.78, 5) is 8.15. The Hall–Kier alpha value is -2.24. The van der Waals surface area contributed by atoms with Crippen molar-refractivity contribution < 1.29 is 0 Å². The van der Waals surface area contributed by atoms with Crippen molar-refractivity contribution in [2.75, 3.05) is 4.90 Å². The second kappa shape index (κ2) is 6.58. The van der Waals surface area contributed by atoms with Crippen molar-refractivity contribution in [3.63, 3.8) is 0 Å². The number of nitrogens with one attached hydrogen (secondary N) is 1. The van der Waals surface area contributed by atoms with Gasteiger partial charge in [0.25, 0.3) is 0 Å². The van der Waals surface area contributed by atoms with Crippen molar-refractivity contribution in [2.24, 2.45) is 0 Å². The van der Waals surface area contributed by atoms with E-state index in [4.69, 9.17) is 12.2 Å². The van der Waals surface area contributed by atoms with E-state index >= 15 is 0 Å². The van der Waals surface area contributed by atoms with Crippen LogP contribution in [0.25, 0.3) is 0 Å². The van der Waals surface area contributed by atoms with Gasteiger partial charge in [-0.25, -0.2) is 0 Å². The van der Waals surface area contributed by atoms with E-state index in [1.165, 1.54) is 16.0 Å². The molecule has 1 saturated heterocycles. The third-order valence-electron chi connectivity index (χ3n) is 4.55. The van der Waals surface area contributed by atoms with Gasteiger partial charge in [-0.1, -0.05) is 18.2 Å². The number of pyridine rings is 1. The van der Waals surface area contributed by atoms with Gasteiger partial charge in [0.15, 0.2) is 5.11 Å². The van der Waals surface area contributed by atoms with Crippen molar-refractivity contribution in [3.05, 3.63) is 81.8 Å². The van der Waals surface area contributed by atoms with Crippen molar-refractivity contribution in [2.45, 2.75) is 25.9 Å². The van der Waals surface area contributed by atoms with Crippen LogP contribution < -0.4 is 10.2 Å². The van der Waals surface area contributed by atoms with Crippen LogP contribution in [-0.4, -0.2) is 10.1 Å². The Morgan fingerprint density at radius 1 is 1.12 bits per heavy atom. The van der Waals surface area contributed by atoms with Gasteiger partial charge in [-0.05, 0) is 72.9 Å². The van der Waals surface area contributed by atoms with Gasteiger partial charge in [0.2, 0.25) is 0 Å². The van der Waals surface area contributed by atoms with Gasteiger partial charge < -0.3 is 10.2 Å². The Labute approximate surface area is 157 Å². The highest BCUT2D eigenvalue weighted by Gasteiger charge is 2.41. The lowest BCUT2D eigenvalue weighted by Gasteiger charge is -2.27. The molecule has 4 rings (SSSR count). The molecular weight excluding hydrogens is 346 g/mol. The van der Waals surface area contributed by atoms with E-state index in [-0.39, 0.29) is 12.1 Å². The van der Waals surface area contributed by atoms with E-state index in [0.717, 1.165) is 16.5 Å². The van der Waals surface area contributed by atoms with Crippen LogP contribution in [0.4, 0.5) is 5.69 Å². The molecule has 5 heteroatoms. The van der Waals surface area contributed by atoms with E-state index in [1.807, 2.05) is 18.3 Å². The van der Waals surface area contributed by atoms with E-state index in [9.17, 15) is 0 Å². The number of thiocarbonyl (C=S) groups is 1. The Morgan fingerprint density at radius 2 is 2.00 bits per heavy atom. The molecule has 0 unspecified atom stereocenters. The predicted molar refractivity (Wildman–Crippen MR) is 108 cm³/mol. The highest BCUT2D eigenvalue weighted by Crippen LogP contribution is 2.44. The minimum Gasteiger partial charge on any atom is -0.351 e. The maximum Gasteiger partial charge on any atom is 0.174 e. The molecule has 1 aliphatic heterocycles. The van der Waals surface area contributed by atoms with E-state index < -0.39 is 0 Å². The maximum atomic E-state index is 5.73. The van der Waals surface area contributed by atoms with Gasteiger partial charge in [-0.15, -0.1) is 11.3 Å². The molecule has 0 amide bonds. The zero-order chi connectivity index (χ0) is 17.4. The SMILES string of the molecule is Cc1cccc(N2C(=S)N[C@@H](c3ccccn3)[C@@H]2c2sccc2C)c1. The second-order valence-electron chi connectivity index (χ2n) is 6.30. The van der Waals surface area contributed by atoms with E-state index in [1.54, 1.807) is 11.3 Å². The number of thiophene rings is 1. The highest BCUT2D eigenvalue weighted by atomic mass is 32.1. The number of aryl methyl sites for hydroxylation is 2. The molecule has 25 heavy (non-hydrogen) atoms. The fourth-order valence-corrected chi connectivity index (χ4v) is 4.76. The quantitative estimate of drug-likeness (QED) is 0.666. The predicted octanol–water partition coefficient (Wildman–Crippen LogP) is 4.94. The molecule has 0 saturated carbocycles. The summed E-state index contributed by atoms with van der Waals surface area (Å²) in [5, 5.41) is 6.40. The number of hydrogen-bond acceptors (Lipinski definition) is 3. The maximum absolute atomic E-state index is 5.73. The lowest BCUT2D eigenvalue weighted by atomic mass is 10.0. The van der Waals surface area contributed by atoms with Crippen molar-refractivity contribution in [3.8, 4) is 0 Å². The first-order valence-corrected chi connectivity index (χ1v) is 9.55. The van der Waals surface area contributed by atoms with Crippen LogP contribution in [0.3, 0.4) is 0 Å². The summed E-state index contributed by atoms with van der Waals surface area (Å²) in [5.74, 6) is 0. The molecule has 3 heterocycles. The molecule has 1 N–H and O–H groups in total. The summed E-state index contributed by atoms with van der Waals surface area (Å²) in [6.07, 6.45) is 1.84. The van der Waals surface area contributed by atoms with Crippen molar-refractivity contribution >= 4 is 34.4 Å². The molecule has 3 nitrogen and oxygen atoms in total. The van der Waals surface area contributed by atoms with Gasteiger partial charge in [-0.3, -0.25) is 4.98 Å². The first-order valence-electron chi connectivity index (χ1n) is 8.26. The van der Waals surface area contributed by atoms with Gasteiger partial charge in [0, 0.05) is 16.8 Å². The molecule has 2 aromatic heterocycles. The van der Waals surface area contributed by atoms with Crippen molar-refractivity contribution in [1.82, 2.24) is 10.3 Å². The number of rotatable bonds is 3. The third kappa shape index (κ3) is 2.94. The number of hydrogen-bond donors (Lipinski definition) is 1. The smallest absolute Gasteiger partial charge is 0.174 e. The fraction of sp³-hybridized carbons (Fsp3) is 0.200. The zero-order valence-electron chi connectivity index (χ0n) is 14.1. The Balaban J connectivity index is 1.85. The summed E-state index contributed by atoms with van der Waals surface area (Å²) in [5.41, 5.74) is 4.65. The molecule has 126 valence electrons. The average molecular weight is 366 g/mol. The molecule has 1 aliphatic rings. The highest BCUT2D eigenvalue weighted by molar-refractivity contribution is 7.80. The molecule has 0 aliphatic carbocycles. The molecular formula is C20H19N3S2. The largest absolute Gasteiger partial charge is 0.351 e. The lowest BCUT2D eigenvalue weighted by molar-refractivity contribution is 0.573. The normalized spacial score (nSPS) is 19.9. The van der Waals surface area contributed by atoms with Crippen LogP contribution in [0.1, 0.15) is 33.8 Å².